The van der Waals surface area contributed by atoms with Crippen LogP contribution < -0.4 is 5.32 Å². The molecule has 1 N–H and O–H groups in total. The predicted octanol–water partition coefficient (Wildman–Crippen LogP) is 1.54. The molecule has 1 saturated heterocycles. The van der Waals surface area contributed by atoms with Gasteiger partial charge < -0.3 is 9.73 Å². The summed E-state index contributed by atoms with van der Waals surface area (Å²) in [6, 6.07) is 0.697. The molecule has 0 spiro atoms. The molecule has 82 valence electrons. The third kappa shape index (κ3) is 2.34. The van der Waals surface area contributed by atoms with Gasteiger partial charge in [-0.25, -0.2) is 0 Å². The molecule has 1 atom stereocenters. The van der Waals surface area contributed by atoms with E-state index in [1.54, 1.807) is 0 Å². The van der Waals surface area contributed by atoms with Crippen molar-refractivity contribution in [1.82, 2.24) is 15.5 Å². The molecule has 2 aliphatic rings. The fourth-order valence-corrected chi connectivity index (χ4v) is 2.96. The summed E-state index contributed by atoms with van der Waals surface area (Å²) < 4.78 is 5.65. The lowest BCUT2D eigenvalue weighted by Gasteiger charge is -2.00. The van der Waals surface area contributed by atoms with E-state index in [-0.39, 0.29) is 0 Å². The van der Waals surface area contributed by atoms with Crippen LogP contribution in [-0.2, 0) is 6.54 Å². The minimum Gasteiger partial charge on any atom is -0.424 e. The quantitative estimate of drug-likeness (QED) is 0.842. The number of hydrogen-bond acceptors (Lipinski definition) is 5. The molecule has 4 nitrogen and oxygen atoms in total. The highest BCUT2D eigenvalue weighted by atomic mass is 32.2. The molecule has 2 fully saturated rings. The molecule has 1 aliphatic heterocycles. The van der Waals surface area contributed by atoms with Crippen molar-refractivity contribution in [3.63, 3.8) is 0 Å². The summed E-state index contributed by atoms with van der Waals surface area (Å²) in [6.45, 7) is 0.734. The Morgan fingerprint density at radius 1 is 1.33 bits per heavy atom. The Hall–Kier alpha value is -0.550. The first-order chi connectivity index (χ1) is 7.42. The average Bonchev–Trinajstić information content (AvgIpc) is 2.78. The topological polar surface area (TPSA) is 51.0 Å². The lowest BCUT2D eigenvalue weighted by molar-refractivity contribution is 0.412. The summed E-state index contributed by atoms with van der Waals surface area (Å²) >= 11 is 1.97. The van der Waals surface area contributed by atoms with Gasteiger partial charge in [0.25, 0.3) is 0 Å². The Morgan fingerprint density at radius 3 is 3.00 bits per heavy atom. The highest BCUT2D eigenvalue weighted by Crippen LogP contribution is 2.31. The molecule has 0 amide bonds. The van der Waals surface area contributed by atoms with E-state index in [2.05, 4.69) is 15.5 Å². The lowest BCUT2D eigenvalue weighted by atomic mass is 10.1. The maximum absolute atomic E-state index is 5.65. The van der Waals surface area contributed by atoms with Crippen molar-refractivity contribution in [3.8, 4) is 0 Å². The summed E-state index contributed by atoms with van der Waals surface area (Å²) in [5.41, 5.74) is 0. The summed E-state index contributed by atoms with van der Waals surface area (Å²) in [5, 5.41) is 11.6. The molecule has 1 aromatic rings. The van der Waals surface area contributed by atoms with Crippen LogP contribution in [0.2, 0.25) is 0 Å². The number of nitrogens with one attached hydrogen (secondary N) is 1. The van der Waals surface area contributed by atoms with Gasteiger partial charge in [-0.05, 0) is 25.0 Å². The SMILES string of the molecule is C1CC(c2nnc(CNC3CC3)o2)CS1. The second-order valence-corrected chi connectivity index (χ2v) is 5.40. The number of nitrogens with zero attached hydrogens (tertiary/aromatic N) is 2. The third-order valence-electron chi connectivity index (χ3n) is 2.88. The largest absolute Gasteiger partial charge is 0.424 e. The number of hydrogen-bond donors (Lipinski definition) is 1. The highest BCUT2D eigenvalue weighted by Gasteiger charge is 2.24. The zero-order valence-electron chi connectivity index (χ0n) is 8.61. The first-order valence-electron chi connectivity index (χ1n) is 5.55. The molecule has 0 bridgehead atoms. The second-order valence-electron chi connectivity index (χ2n) is 4.25. The molecule has 0 radical (unpaired) electrons. The Kier molecular flexibility index (Phi) is 2.66. The molecule has 0 aromatic carbocycles. The molecular formula is C10H15N3OS. The van der Waals surface area contributed by atoms with E-state index in [9.17, 15) is 0 Å². The van der Waals surface area contributed by atoms with Gasteiger partial charge in [0, 0.05) is 17.7 Å². The number of thioether (sulfide) groups is 1. The van der Waals surface area contributed by atoms with E-state index in [1.807, 2.05) is 11.8 Å². The molecule has 1 aliphatic carbocycles. The van der Waals surface area contributed by atoms with Gasteiger partial charge in [-0.15, -0.1) is 10.2 Å². The van der Waals surface area contributed by atoms with Crippen LogP contribution in [0.5, 0.6) is 0 Å². The van der Waals surface area contributed by atoms with Crippen molar-refractivity contribution < 1.29 is 4.42 Å². The van der Waals surface area contributed by atoms with Gasteiger partial charge in [-0.3, -0.25) is 0 Å². The summed E-state index contributed by atoms with van der Waals surface area (Å²) in [7, 11) is 0. The second kappa shape index (κ2) is 4.14. The van der Waals surface area contributed by atoms with Gasteiger partial charge in [-0.2, -0.15) is 11.8 Å². The Bertz CT molecular complexity index is 331. The van der Waals surface area contributed by atoms with Gasteiger partial charge in [0.2, 0.25) is 11.8 Å². The summed E-state index contributed by atoms with van der Waals surface area (Å²) in [4.78, 5) is 0. The van der Waals surface area contributed by atoms with Crippen molar-refractivity contribution in [1.29, 1.82) is 0 Å². The molecule has 3 rings (SSSR count). The van der Waals surface area contributed by atoms with Crippen LogP contribution in [0.3, 0.4) is 0 Å². The van der Waals surface area contributed by atoms with E-state index in [0.29, 0.717) is 12.0 Å². The van der Waals surface area contributed by atoms with Crippen molar-refractivity contribution in [2.24, 2.45) is 0 Å². The van der Waals surface area contributed by atoms with Gasteiger partial charge in [0.05, 0.1) is 6.54 Å². The van der Waals surface area contributed by atoms with Gasteiger partial charge in [-0.1, -0.05) is 0 Å². The average molecular weight is 225 g/mol. The smallest absolute Gasteiger partial charge is 0.230 e. The van der Waals surface area contributed by atoms with Gasteiger partial charge >= 0.3 is 0 Å². The van der Waals surface area contributed by atoms with Crippen molar-refractivity contribution in [3.05, 3.63) is 11.8 Å². The lowest BCUT2D eigenvalue weighted by Crippen LogP contribution is -2.15. The van der Waals surface area contributed by atoms with Gasteiger partial charge in [0.1, 0.15) is 0 Å². The minimum absolute atomic E-state index is 0.497. The maximum atomic E-state index is 5.65. The fourth-order valence-electron chi connectivity index (χ4n) is 1.75. The van der Waals surface area contributed by atoms with E-state index in [4.69, 9.17) is 4.42 Å². The van der Waals surface area contributed by atoms with E-state index in [0.717, 1.165) is 24.1 Å². The van der Waals surface area contributed by atoms with Crippen LogP contribution >= 0.6 is 11.8 Å². The highest BCUT2D eigenvalue weighted by molar-refractivity contribution is 7.99. The molecule has 2 heterocycles. The summed E-state index contributed by atoms with van der Waals surface area (Å²) in [6.07, 6.45) is 3.77. The van der Waals surface area contributed by atoms with Crippen LogP contribution in [0.4, 0.5) is 0 Å². The molecule has 5 heteroatoms. The number of rotatable bonds is 4. The monoisotopic (exact) mass is 225 g/mol. The van der Waals surface area contributed by atoms with Crippen molar-refractivity contribution >= 4 is 11.8 Å². The third-order valence-corrected chi connectivity index (χ3v) is 4.04. The summed E-state index contributed by atoms with van der Waals surface area (Å²) in [5.74, 6) is 4.44. The predicted molar refractivity (Wildman–Crippen MR) is 58.8 cm³/mol. The van der Waals surface area contributed by atoms with E-state index >= 15 is 0 Å². The maximum Gasteiger partial charge on any atom is 0.230 e. The molecule has 1 unspecified atom stereocenters. The van der Waals surface area contributed by atoms with Crippen molar-refractivity contribution in [2.75, 3.05) is 11.5 Å². The Morgan fingerprint density at radius 2 is 2.27 bits per heavy atom. The van der Waals surface area contributed by atoms with Crippen LogP contribution in [0.15, 0.2) is 4.42 Å². The molecule has 1 aromatic heterocycles. The van der Waals surface area contributed by atoms with Gasteiger partial charge in [0.15, 0.2) is 0 Å². The zero-order chi connectivity index (χ0) is 10.1. The fraction of sp³-hybridized carbons (Fsp3) is 0.800. The van der Waals surface area contributed by atoms with Crippen LogP contribution in [-0.4, -0.2) is 27.7 Å². The first-order valence-corrected chi connectivity index (χ1v) is 6.70. The van der Waals surface area contributed by atoms with Crippen LogP contribution in [0, 0.1) is 0 Å². The molecule has 15 heavy (non-hydrogen) atoms. The molecular weight excluding hydrogens is 210 g/mol. The number of aromatic nitrogens is 2. The van der Waals surface area contributed by atoms with Crippen molar-refractivity contribution in [2.45, 2.75) is 37.8 Å². The van der Waals surface area contributed by atoms with E-state index in [1.165, 1.54) is 25.0 Å². The van der Waals surface area contributed by atoms with Crippen LogP contribution in [0.25, 0.3) is 0 Å². The Balaban J connectivity index is 1.59. The standard InChI is InChI=1S/C10H15N3OS/c1-2-8(1)11-5-9-12-13-10(14-9)7-3-4-15-6-7/h7-8,11H,1-6H2. The molecule has 1 saturated carbocycles. The zero-order valence-corrected chi connectivity index (χ0v) is 9.42. The first kappa shape index (κ1) is 9.66. The minimum atomic E-state index is 0.497. The van der Waals surface area contributed by atoms with E-state index < -0.39 is 0 Å². The normalized spacial score (nSPS) is 26.0. The Labute approximate surface area is 93.2 Å². The van der Waals surface area contributed by atoms with Crippen LogP contribution in [0.1, 0.15) is 37.0 Å².